The summed E-state index contributed by atoms with van der Waals surface area (Å²) in [6.45, 7) is 1.57. The van der Waals surface area contributed by atoms with Crippen molar-refractivity contribution in [3.8, 4) is 0 Å². The lowest BCUT2D eigenvalue weighted by atomic mass is 10.1. The maximum absolute atomic E-state index is 11.9. The molecule has 8 heteroatoms. The molecule has 0 saturated carbocycles. The minimum Gasteiger partial charge on any atom is -0.479 e. The molecule has 0 aliphatic carbocycles. The second-order valence-corrected chi connectivity index (χ2v) is 3.99. The van der Waals surface area contributed by atoms with Crippen molar-refractivity contribution in [2.24, 2.45) is 7.05 Å². The molecule has 1 amide bonds. The molecule has 2 heterocycles. The fourth-order valence-corrected chi connectivity index (χ4v) is 1.60. The molecule has 0 radical (unpaired) electrons. The van der Waals surface area contributed by atoms with Gasteiger partial charge in [-0.2, -0.15) is 5.10 Å². The average molecular weight is 264 g/mol. The third kappa shape index (κ3) is 2.62. The maximum atomic E-state index is 11.9. The average Bonchev–Trinajstić information content (AvgIpc) is 2.94. The van der Waals surface area contributed by atoms with E-state index in [1.165, 1.54) is 23.3 Å². The Balaban J connectivity index is 2.21. The standard InChI is InChI=1S/C11H12N4O4/c1-6-8(4-13-19-6)10(16)14-9(11(17)18)7-3-12-15(2)5-7/h3-5,9H,1-2H3,(H,14,16)(H,17,18). The molecule has 1 atom stereocenters. The van der Waals surface area contributed by atoms with Gasteiger partial charge in [-0.25, -0.2) is 4.79 Å². The van der Waals surface area contributed by atoms with E-state index in [0.717, 1.165) is 0 Å². The smallest absolute Gasteiger partial charge is 0.331 e. The highest BCUT2D eigenvalue weighted by Gasteiger charge is 2.25. The van der Waals surface area contributed by atoms with E-state index >= 15 is 0 Å². The van der Waals surface area contributed by atoms with Crippen LogP contribution in [0, 0.1) is 6.92 Å². The van der Waals surface area contributed by atoms with E-state index < -0.39 is 17.9 Å². The molecule has 2 N–H and O–H groups in total. The van der Waals surface area contributed by atoms with Crippen molar-refractivity contribution in [1.29, 1.82) is 0 Å². The van der Waals surface area contributed by atoms with Crippen LogP contribution >= 0.6 is 0 Å². The van der Waals surface area contributed by atoms with E-state index in [4.69, 9.17) is 9.63 Å². The van der Waals surface area contributed by atoms with Crippen LogP contribution in [0.5, 0.6) is 0 Å². The van der Waals surface area contributed by atoms with E-state index in [0.29, 0.717) is 11.3 Å². The Kier molecular flexibility index (Phi) is 3.32. The number of rotatable bonds is 4. The van der Waals surface area contributed by atoms with Crippen molar-refractivity contribution in [3.63, 3.8) is 0 Å². The highest BCUT2D eigenvalue weighted by atomic mass is 16.5. The van der Waals surface area contributed by atoms with Crippen LogP contribution in [0.15, 0.2) is 23.1 Å². The van der Waals surface area contributed by atoms with Crippen LogP contribution in [0.3, 0.4) is 0 Å². The predicted octanol–water partition coefficient (Wildman–Crippen LogP) is 0.272. The molecular formula is C11H12N4O4. The molecule has 0 aliphatic heterocycles. The van der Waals surface area contributed by atoms with Crippen LogP contribution in [0.4, 0.5) is 0 Å². The lowest BCUT2D eigenvalue weighted by Gasteiger charge is -2.12. The number of nitrogens with one attached hydrogen (secondary N) is 1. The van der Waals surface area contributed by atoms with E-state index in [9.17, 15) is 9.59 Å². The summed E-state index contributed by atoms with van der Waals surface area (Å²) >= 11 is 0. The number of aliphatic carboxylic acids is 1. The molecule has 8 nitrogen and oxygen atoms in total. The first-order valence-corrected chi connectivity index (χ1v) is 5.42. The van der Waals surface area contributed by atoms with Crippen LogP contribution < -0.4 is 5.32 Å². The van der Waals surface area contributed by atoms with Gasteiger partial charge in [-0.3, -0.25) is 9.48 Å². The zero-order valence-corrected chi connectivity index (χ0v) is 10.3. The number of amides is 1. The second kappa shape index (κ2) is 4.92. The van der Waals surface area contributed by atoms with Crippen molar-refractivity contribution in [2.75, 3.05) is 0 Å². The Labute approximate surface area is 108 Å². The minimum absolute atomic E-state index is 0.204. The van der Waals surface area contributed by atoms with E-state index in [1.54, 1.807) is 14.0 Å². The fourth-order valence-electron chi connectivity index (χ4n) is 1.60. The number of carboxylic acid groups (broad SMARTS) is 1. The van der Waals surface area contributed by atoms with Gasteiger partial charge in [-0.1, -0.05) is 5.16 Å². The third-order valence-corrected chi connectivity index (χ3v) is 2.58. The van der Waals surface area contributed by atoms with Gasteiger partial charge in [0, 0.05) is 18.8 Å². The van der Waals surface area contributed by atoms with Crippen molar-refractivity contribution >= 4 is 11.9 Å². The predicted molar refractivity (Wildman–Crippen MR) is 62.3 cm³/mol. The van der Waals surface area contributed by atoms with Gasteiger partial charge < -0.3 is 14.9 Å². The molecule has 0 bridgehead atoms. The zero-order valence-electron chi connectivity index (χ0n) is 10.3. The number of carbonyl (C=O) groups excluding carboxylic acids is 1. The summed E-state index contributed by atoms with van der Waals surface area (Å²) in [7, 11) is 1.66. The molecule has 0 fully saturated rings. The fraction of sp³-hybridized carbons (Fsp3) is 0.273. The quantitative estimate of drug-likeness (QED) is 0.820. The van der Waals surface area contributed by atoms with Crippen LogP contribution in [0.2, 0.25) is 0 Å². The van der Waals surface area contributed by atoms with Crippen molar-refractivity contribution in [2.45, 2.75) is 13.0 Å². The van der Waals surface area contributed by atoms with Gasteiger partial charge in [0.05, 0.1) is 12.4 Å². The summed E-state index contributed by atoms with van der Waals surface area (Å²) in [4.78, 5) is 23.1. The van der Waals surface area contributed by atoms with Crippen LogP contribution in [-0.2, 0) is 11.8 Å². The van der Waals surface area contributed by atoms with Gasteiger partial charge in [0.25, 0.3) is 5.91 Å². The highest BCUT2D eigenvalue weighted by Crippen LogP contribution is 2.14. The number of aryl methyl sites for hydroxylation is 2. The molecule has 2 rings (SSSR count). The number of carbonyl (C=O) groups is 2. The van der Waals surface area contributed by atoms with E-state index in [2.05, 4.69) is 15.6 Å². The molecule has 0 aliphatic rings. The topological polar surface area (TPSA) is 110 Å². The molecule has 1 unspecified atom stereocenters. The number of carboxylic acids is 1. The summed E-state index contributed by atoms with van der Waals surface area (Å²) < 4.78 is 6.22. The minimum atomic E-state index is -1.17. The Morgan fingerprint density at radius 1 is 1.47 bits per heavy atom. The van der Waals surface area contributed by atoms with Crippen molar-refractivity contribution in [3.05, 3.63) is 35.5 Å². The Bertz CT molecular complexity index is 616. The number of nitrogens with zero attached hydrogens (tertiary/aromatic N) is 3. The highest BCUT2D eigenvalue weighted by molar-refractivity contribution is 5.97. The number of hydrogen-bond donors (Lipinski definition) is 2. The lowest BCUT2D eigenvalue weighted by Crippen LogP contribution is -2.33. The molecular weight excluding hydrogens is 252 g/mol. The van der Waals surface area contributed by atoms with Gasteiger partial charge in [-0.05, 0) is 6.92 Å². The molecule has 2 aromatic rings. The Morgan fingerprint density at radius 3 is 2.68 bits per heavy atom. The summed E-state index contributed by atoms with van der Waals surface area (Å²) in [5.74, 6) is -1.40. The Morgan fingerprint density at radius 2 is 2.21 bits per heavy atom. The Hall–Kier alpha value is -2.64. The van der Waals surface area contributed by atoms with Crippen LogP contribution in [0.1, 0.15) is 27.7 Å². The number of hydrogen-bond acceptors (Lipinski definition) is 5. The van der Waals surface area contributed by atoms with E-state index in [-0.39, 0.29) is 5.56 Å². The first-order valence-electron chi connectivity index (χ1n) is 5.42. The maximum Gasteiger partial charge on any atom is 0.331 e. The molecule has 100 valence electrons. The summed E-state index contributed by atoms with van der Waals surface area (Å²) in [5, 5.41) is 18.9. The summed E-state index contributed by atoms with van der Waals surface area (Å²) in [5.41, 5.74) is 0.590. The second-order valence-electron chi connectivity index (χ2n) is 3.99. The van der Waals surface area contributed by atoms with Gasteiger partial charge >= 0.3 is 5.97 Å². The van der Waals surface area contributed by atoms with Crippen molar-refractivity contribution in [1.82, 2.24) is 20.3 Å². The summed E-state index contributed by atoms with van der Waals surface area (Å²) in [6, 6.07) is -1.17. The molecule has 0 aromatic carbocycles. The third-order valence-electron chi connectivity index (χ3n) is 2.58. The zero-order chi connectivity index (χ0) is 14.0. The molecule has 2 aromatic heterocycles. The van der Waals surface area contributed by atoms with Crippen molar-refractivity contribution < 1.29 is 19.2 Å². The SMILES string of the molecule is Cc1oncc1C(=O)NC(C(=O)O)c1cnn(C)c1. The summed E-state index contributed by atoms with van der Waals surface area (Å²) in [6.07, 6.45) is 4.16. The van der Waals surface area contributed by atoms with Gasteiger partial charge in [0.1, 0.15) is 11.3 Å². The van der Waals surface area contributed by atoms with Gasteiger partial charge in [0.15, 0.2) is 6.04 Å². The van der Waals surface area contributed by atoms with Crippen LogP contribution in [0.25, 0.3) is 0 Å². The number of aromatic nitrogens is 3. The first-order chi connectivity index (χ1) is 8.99. The van der Waals surface area contributed by atoms with Crippen LogP contribution in [-0.4, -0.2) is 31.9 Å². The molecule has 0 saturated heterocycles. The van der Waals surface area contributed by atoms with Gasteiger partial charge in [-0.15, -0.1) is 0 Å². The first kappa shape index (κ1) is 12.8. The monoisotopic (exact) mass is 264 g/mol. The molecule has 0 spiro atoms. The normalized spacial score (nSPS) is 12.1. The largest absolute Gasteiger partial charge is 0.479 e. The van der Waals surface area contributed by atoms with E-state index in [1.807, 2.05) is 0 Å². The molecule has 19 heavy (non-hydrogen) atoms. The van der Waals surface area contributed by atoms with Gasteiger partial charge in [0.2, 0.25) is 0 Å². The lowest BCUT2D eigenvalue weighted by molar-refractivity contribution is -0.139.